The van der Waals surface area contributed by atoms with Crippen LogP contribution in [0.4, 0.5) is 5.69 Å². The first kappa shape index (κ1) is 14.6. The summed E-state index contributed by atoms with van der Waals surface area (Å²) in [5, 5.41) is 2.62. The molecule has 1 aromatic carbocycles. The Hall–Kier alpha value is -2.83. The molecule has 0 fully saturated rings. The van der Waals surface area contributed by atoms with E-state index in [0.29, 0.717) is 17.2 Å². The third kappa shape index (κ3) is 4.34. The molecule has 1 amide bonds. The zero-order chi connectivity index (χ0) is 15.1. The first-order valence-corrected chi connectivity index (χ1v) is 6.14. The van der Waals surface area contributed by atoms with Crippen LogP contribution in [-0.4, -0.2) is 36.7 Å². The molecule has 0 spiro atoms. The summed E-state index contributed by atoms with van der Waals surface area (Å²) in [6.45, 7) is -0.126. The van der Waals surface area contributed by atoms with Gasteiger partial charge in [0.25, 0.3) is 5.91 Å². The Morgan fingerprint density at radius 2 is 1.86 bits per heavy atom. The zero-order valence-electron chi connectivity index (χ0n) is 11.7. The summed E-state index contributed by atoms with van der Waals surface area (Å²) in [7, 11) is 3.03. The average molecular weight is 289 g/mol. The molecule has 0 bridgehead atoms. The van der Waals surface area contributed by atoms with Crippen LogP contribution in [0.15, 0.2) is 36.7 Å². The molecule has 0 saturated heterocycles. The molecule has 0 aliphatic rings. The molecule has 0 unspecified atom stereocenters. The third-order valence-corrected chi connectivity index (χ3v) is 2.51. The summed E-state index contributed by atoms with van der Waals surface area (Å²) in [5.74, 6) is 0.901. The molecule has 2 aromatic rings. The maximum atomic E-state index is 11.7. The summed E-state index contributed by atoms with van der Waals surface area (Å²) >= 11 is 0. The number of hydrogen-bond acceptors (Lipinski definition) is 6. The number of nitrogens with one attached hydrogen (secondary N) is 1. The molecule has 1 aromatic heterocycles. The Morgan fingerprint density at radius 1 is 1.14 bits per heavy atom. The number of rotatable bonds is 6. The molecule has 0 radical (unpaired) electrons. The van der Waals surface area contributed by atoms with Crippen molar-refractivity contribution in [2.45, 2.75) is 0 Å². The first-order chi connectivity index (χ1) is 10.2. The predicted molar refractivity (Wildman–Crippen MR) is 75.7 cm³/mol. The largest absolute Gasteiger partial charge is 0.497 e. The van der Waals surface area contributed by atoms with Crippen molar-refractivity contribution in [1.82, 2.24) is 9.97 Å². The lowest BCUT2D eigenvalue weighted by Crippen LogP contribution is -2.20. The van der Waals surface area contributed by atoms with Gasteiger partial charge in [-0.25, -0.2) is 9.97 Å². The first-order valence-electron chi connectivity index (χ1n) is 6.14. The number of benzene rings is 1. The van der Waals surface area contributed by atoms with Crippen molar-refractivity contribution in [3.63, 3.8) is 0 Å². The minimum atomic E-state index is -0.313. The van der Waals surface area contributed by atoms with Gasteiger partial charge in [0.15, 0.2) is 6.61 Å². The van der Waals surface area contributed by atoms with Crippen LogP contribution in [0.5, 0.6) is 17.5 Å². The molecule has 1 heterocycles. The van der Waals surface area contributed by atoms with E-state index in [4.69, 9.17) is 14.2 Å². The number of ether oxygens (including phenoxy) is 3. The lowest BCUT2D eigenvalue weighted by Gasteiger charge is -2.08. The SMILES string of the molecule is COc1cccc(OCC(=O)Nc2cnc(OC)nc2)c1. The van der Waals surface area contributed by atoms with Crippen molar-refractivity contribution in [3.05, 3.63) is 36.7 Å². The highest BCUT2D eigenvalue weighted by atomic mass is 16.5. The minimum Gasteiger partial charge on any atom is -0.497 e. The van der Waals surface area contributed by atoms with Crippen LogP contribution in [0.2, 0.25) is 0 Å². The van der Waals surface area contributed by atoms with Gasteiger partial charge in [-0.15, -0.1) is 0 Å². The highest BCUT2D eigenvalue weighted by molar-refractivity contribution is 5.91. The van der Waals surface area contributed by atoms with E-state index in [9.17, 15) is 4.79 Å². The van der Waals surface area contributed by atoms with E-state index >= 15 is 0 Å². The number of amides is 1. The lowest BCUT2D eigenvalue weighted by atomic mass is 10.3. The van der Waals surface area contributed by atoms with E-state index in [0.717, 1.165) is 0 Å². The Balaban J connectivity index is 1.86. The fraction of sp³-hybridized carbons (Fsp3) is 0.214. The lowest BCUT2D eigenvalue weighted by molar-refractivity contribution is -0.118. The van der Waals surface area contributed by atoms with Crippen LogP contribution >= 0.6 is 0 Å². The number of methoxy groups -OCH3 is 2. The molecular weight excluding hydrogens is 274 g/mol. The van der Waals surface area contributed by atoms with Gasteiger partial charge in [0.1, 0.15) is 11.5 Å². The third-order valence-electron chi connectivity index (χ3n) is 2.51. The van der Waals surface area contributed by atoms with Gasteiger partial charge in [0, 0.05) is 6.07 Å². The zero-order valence-corrected chi connectivity index (χ0v) is 11.7. The van der Waals surface area contributed by atoms with Gasteiger partial charge >= 0.3 is 6.01 Å². The standard InChI is InChI=1S/C14H15N3O4/c1-19-11-4-3-5-12(6-11)21-9-13(18)17-10-7-15-14(20-2)16-8-10/h3-8H,9H2,1-2H3,(H,17,18). The molecule has 2 rings (SSSR count). The number of aromatic nitrogens is 2. The van der Waals surface area contributed by atoms with E-state index in [1.165, 1.54) is 19.5 Å². The van der Waals surface area contributed by atoms with Gasteiger partial charge in [-0.2, -0.15) is 0 Å². The Bertz CT molecular complexity index is 601. The number of carbonyl (C=O) groups is 1. The Morgan fingerprint density at radius 3 is 2.52 bits per heavy atom. The second-order valence-corrected chi connectivity index (χ2v) is 3.97. The van der Waals surface area contributed by atoms with Crippen LogP contribution in [0.1, 0.15) is 0 Å². The highest BCUT2D eigenvalue weighted by Crippen LogP contribution is 2.18. The fourth-order valence-electron chi connectivity index (χ4n) is 1.52. The van der Waals surface area contributed by atoms with E-state index in [1.807, 2.05) is 0 Å². The molecule has 7 nitrogen and oxygen atoms in total. The topological polar surface area (TPSA) is 82.6 Å². The second kappa shape index (κ2) is 7.09. The molecular formula is C14H15N3O4. The number of anilines is 1. The highest BCUT2D eigenvalue weighted by Gasteiger charge is 2.05. The number of hydrogen-bond donors (Lipinski definition) is 1. The fourth-order valence-corrected chi connectivity index (χ4v) is 1.52. The molecule has 1 N–H and O–H groups in total. The molecule has 21 heavy (non-hydrogen) atoms. The van der Waals surface area contributed by atoms with Gasteiger partial charge in [-0.1, -0.05) is 6.07 Å². The summed E-state index contributed by atoms with van der Waals surface area (Å²) in [4.78, 5) is 19.5. The molecule has 0 aliphatic heterocycles. The van der Waals surface area contributed by atoms with Crippen molar-refractivity contribution in [3.8, 4) is 17.5 Å². The molecule has 0 aliphatic carbocycles. The summed E-state index contributed by atoms with van der Waals surface area (Å²) in [5.41, 5.74) is 0.468. The van der Waals surface area contributed by atoms with Gasteiger partial charge in [-0.05, 0) is 12.1 Å². The number of carbonyl (C=O) groups excluding carboxylic acids is 1. The van der Waals surface area contributed by atoms with Gasteiger partial charge in [0.05, 0.1) is 32.3 Å². The Labute approximate surface area is 121 Å². The molecule has 110 valence electrons. The van der Waals surface area contributed by atoms with Crippen LogP contribution in [0, 0.1) is 0 Å². The van der Waals surface area contributed by atoms with E-state index < -0.39 is 0 Å². The van der Waals surface area contributed by atoms with Crippen molar-refractivity contribution >= 4 is 11.6 Å². The predicted octanol–water partition coefficient (Wildman–Crippen LogP) is 1.51. The van der Waals surface area contributed by atoms with Gasteiger partial charge in [-0.3, -0.25) is 4.79 Å². The maximum Gasteiger partial charge on any atom is 0.316 e. The average Bonchev–Trinajstić information content (AvgIpc) is 2.54. The van der Waals surface area contributed by atoms with Gasteiger partial charge < -0.3 is 19.5 Å². The quantitative estimate of drug-likeness (QED) is 0.868. The van der Waals surface area contributed by atoms with Crippen molar-refractivity contribution in [2.75, 3.05) is 26.1 Å². The monoisotopic (exact) mass is 289 g/mol. The van der Waals surface area contributed by atoms with Crippen molar-refractivity contribution < 1.29 is 19.0 Å². The van der Waals surface area contributed by atoms with Crippen molar-refractivity contribution in [2.24, 2.45) is 0 Å². The minimum absolute atomic E-state index is 0.126. The molecule has 0 atom stereocenters. The van der Waals surface area contributed by atoms with E-state index in [2.05, 4.69) is 15.3 Å². The normalized spacial score (nSPS) is 9.81. The van der Waals surface area contributed by atoms with Crippen LogP contribution < -0.4 is 19.5 Å². The smallest absolute Gasteiger partial charge is 0.316 e. The summed E-state index contributed by atoms with van der Waals surface area (Å²) < 4.78 is 15.3. The molecule has 7 heteroatoms. The van der Waals surface area contributed by atoms with Crippen LogP contribution in [0.3, 0.4) is 0 Å². The number of nitrogens with zero attached hydrogens (tertiary/aromatic N) is 2. The summed E-state index contributed by atoms with van der Waals surface area (Å²) in [6, 6.07) is 7.25. The van der Waals surface area contributed by atoms with Gasteiger partial charge in [0.2, 0.25) is 0 Å². The maximum absolute atomic E-state index is 11.7. The van der Waals surface area contributed by atoms with E-state index in [1.54, 1.807) is 31.4 Å². The Kier molecular flexibility index (Phi) is 4.92. The summed E-state index contributed by atoms with van der Waals surface area (Å²) in [6.07, 6.45) is 2.91. The van der Waals surface area contributed by atoms with Crippen molar-refractivity contribution in [1.29, 1.82) is 0 Å². The molecule has 0 saturated carbocycles. The second-order valence-electron chi connectivity index (χ2n) is 3.97. The van der Waals surface area contributed by atoms with E-state index in [-0.39, 0.29) is 18.5 Å². The van der Waals surface area contributed by atoms with Crippen LogP contribution in [-0.2, 0) is 4.79 Å². The van der Waals surface area contributed by atoms with Crippen LogP contribution in [0.25, 0.3) is 0 Å².